The highest BCUT2D eigenvalue weighted by atomic mass is 32.2. The molecule has 0 aromatic heterocycles. The maximum absolute atomic E-state index is 12.6. The van der Waals surface area contributed by atoms with Crippen molar-refractivity contribution in [1.29, 1.82) is 0 Å². The molecule has 2 N–H and O–H groups in total. The largest absolute Gasteiger partial charge is 0.352 e. The fourth-order valence-corrected chi connectivity index (χ4v) is 3.97. The average Bonchev–Trinajstić information content (AvgIpc) is 2.74. The van der Waals surface area contributed by atoms with Gasteiger partial charge in [-0.3, -0.25) is 4.79 Å². The molecule has 6 heteroatoms. The molecule has 0 saturated carbocycles. The van der Waals surface area contributed by atoms with Crippen LogP contribution in [0, 0.1) is 6.92 Å². The van der Waals surface area contributed by atoms with Crippen LogP contribution in [0.5, 0.6) is 0 Å². The van der Waals surface area contributed by atoms with E-state index in [1.807, 2.05) is 60.7 Å². The van der Waals surface area contributed by atoms with Crippen LogP contribution in [-0.4, -0.2) is 20.9 Å². The van der Waals surface area contributed by atoms with Crippen molar-refractivity contribution in [1.82, 2.24) is 10.0 Å². The lowest BCUT2D eigenvalue weighted by atomic mass is 10.1. The van der Waals surface area contributed by atoms with E-state index in [1.54, 1.807) is 13.0 Å². The van der Waals surface area contributed by atoms with Crippen molar-refractivity contribution in [2.24, 2.45) is 0 Å². The Kier molecular flexibility index (Phi) is 6.80. The van der Waals surface area contributed by atoms with Crippen LogP contribution in [0.4, 0.5) is 0 Å². The number of amides is 1. The summed E-state index contributed by atoms with van der Waals surface area (Å²) in [6, 6.07) is 23.8. The molecule has 150 valence electrons. The lowest BCUT2D eigenvalue weighted by molar-refractivity contribution is 0.0953. The summed E-state index contributed by atoms with van der Waals surface area (Å²) in [4.78, 5) is 12.7. The van der Waals surface area contributed by atoms with Crippen LogP contribution in [0.25, 0.3) is 0 Å². The highest BCUT2D eigenvalue weighted by Crippen LogP contribution is 2.16. The van der Waals surface area contributed by atoms with E-state index < -0.39 is 10.0 Å². The van der Waals surface area contributed by atoms with Gasteiger partial charge in [-0.15, -0.1) is 0 Å². The van der Waals surface area contributed by atoms with Gasteiger partial charge < -0.3 is 5.32 Å². The molecule has 0 saturated heterocycles. The van der Waals surface area contributed by atoms with Crippen molar-refractivity contribution in [2.75, 3.05) is 6.54 Å². The van der Waals surface area contributed by atoms with Crippen molar-refractivity contribution in [2.45, 2.75) is 24.8 Å². The lowest BCUT2D eigenvalue weighted by Gasteiger charge is -2.11. The Bertz CT molecular complexity index is 1070. The Hall–Kier alpha value is -2.96. The zero-order valence-electron chi connectivity index (χ0n) is 16.3. The van der Waals surface area contributed by atoms with Gasteiger partial charge in [0, 0.05) is 18.7 Å². The van der Waals surface area contributed by atoms with Crippen LogP contribution in [0.3, 0.4) is 0 Å². The van der Waals surface area contributed by atoms with Gasteiger partial charge in [0.05, 0.1) is 4.90 Å². The van der Waals surface area contributed by atoms with Crippen LogP contribution in [0.15, 0.2) is 83.8 Å². The van der Waals surface area contributed by atoms with Gasteiger partial charge in [0.25, 0.3) is 5.91 Å². The van der Waals surface area contributed by atoms with Gasteiger partial charge in [-0.1, -0.05) is 66.7 Å². The Labute approximate surface area is 171 Å². The van der Waals surface area contributed by atoms with E-state index in [4.69, 9.17) is 0 Å². The smallest absolute Gasteiger partial charge is 0.251 e. The fraction of sp³-hybridized carbons (Fsp3) is 0.174. The van der Waals surface area contributed by atoms with Crippen molar-refractivity contribution >= 4 is 15.9 Å². The van der Waals surface area contributed by atoms with Crippen LogP contribution in [0.1, 0.15) is 27.0 Å². The number of hydrogen-bond acceptors (Lipinski definition) is 3. The normalized spacial score (nSPS) is 11.2. The lowest BCUT2D eigenvalue weighted by Crippen LogP contribution is -2.27. The number of sulfonamides is 1. The molecule has 0 aliphatic carbocycles. The molecule has 3 aromatic carbocycles. The minimum Gasteiger partial charge on any atom is -0.352 e. The minimum atomic E-state index is -3.72. The predicted molar refractivity (Wildman–Crippen MR) is 114 cm³/mol. The first-order valence-corrected chi connectivity index (χ1v) is 10.9. The van der Waals surface area contributed by atoms with E-state index in [2.05, 4.69) is 10.0 Å². The summed E-state index contributed by atoms with van der Waals surface area (Å²) >= 11 is 0. The van der Waals surface area contributed by atoms with Crippen LogP contribution >= 0.6 is 0 Å². The molecule has 0 aliphatic rings. The summed E-state index contributed by atoms with van der Waals surface area (Å²) in [5, 5.41) is 2.87. The predicted octanol–water partition coefficient (Wildman–Crippen LogP) is 3.45. The second kappa shape index (κ2) is 9.49. The molecule has 0 heterocycles. The van der Waals surface area contributed by atoms with Gasteiger partial charge in [0.2, 0.25) is 10.0 Å². The van der Waals surface area contributed by atoms with E-state index in [1.165, 1.54) is 12.1 Å². The second-order valence-electron chi connectivity index (χ2n) is 6.78. The summed E-state index contributed by atoms with van der Waals surface area (Å²) in [6.07, 6.45) is 0.711. The first-order valence-electron chi connectivity index (χ1n) is 9.42. The first kappa shape index (κ1) is 20.8. The molecule has 0 radical (unpaired) electrons. The number of aryl methyl sites for hydroxylation is 1. The Balaban J connectivity index is 1.67. The summed E-state index contributed by atoms with van der Waals surface area (Å²) in [5.74, 6) is -0.279. The molecule has 3 aromatic rings. The molecule has 1 amide bonds. The number of benzene rings is 3. The monoisotopic (exact) mass is 408 g/mol. The molecule has 0 spiro atoms. The number of carbonyl (C=O) groups excluding carboxylic acids is 1. The van der Waals surface area contributed by atoms with Crippen LogP contribution in [-0.2, 0) is 23.0 Å². The van der Waals surface area contributed by atoms with Crippen LogP contribution < -0.4 is 10.0 Å². The summed E-state index contributed by atoms with van der Waals surface area (Å²) in [6.45, 7) is 2.46. The van der Waals surface area contributed by atoms with Gasteiger partial charge in [0.15, 0.2) is 0 Å². The molecule has 5 nitrogen and oxygen atoms in total. The van der Waals surface area contributed by atoms with Crippen molar-refractivity contribution in [3.8, 4) is 0 Å². The molecule has 29 heavy (non-hydrogen) atoms. The molecule has 0 aliphatic heterocycles. The van der Waals surface area contributed by atoms with Gasteiger partial charge in [0.1, 0.15) is 0 Å². The third kappa shape index (κ3) is 5.76. The maximum atomic E-state index is 12.6. The SMILES string of the molecule is Cc1ccc(S(=O)(=O)NCc2ccccc2)cc1C(=O)NCCc1ccccc1. The van der Waals surface area contributed by atoms with Crippen molar-refractivity contribution in [3.63, 3.8) is 0 Å². The van der Waals surface area contributed by atoms with E-state index in [0.29, 0.717) is 18.5 Å². The summed E-state index contributed by atoms with van der Waals surface area (Å²) in [7, 11) is -3.72. The molecule has 0 unspecified atom stereocenters. The van der Waals surface area contributed by atoms with Gasteiger partial charge in [-0.05, 0) is 42.2 Å². The number of hydrogen-bond donors (Lipinski definition) is 2. The van der Waals surface area contributed by atoms with Gasteiger partial charge in [-0.25, -0.2) is 13.1 Å². The minimum absolute atomic E-state index is 0.0761. The summed E-state index contributed by atoms with van der Waals surface area (Å²) < 4.78 is 27.9. The van der Waals surface area contributed by atoms with E-state index in [9.17, 15) is 13.2 Å². The van der Waals surface area contributed by atoms with E-state index in [0.717, 1.165) is 16.7 Å². The average molecular weight is 409 g/mol. The standard InChI is InChI=1S/C23H24N2O3S/c1-18-12-13-21(29(27,28)25-17-20-10-6-3-7-11-20)16-22(18)23(26)24-15-14-19-8-4-2-5-9-19/h2-13,16,25H,14-15,17H2,1H3,(H,24,26). The first-order chi connectivity index (χ1) is 14.0. The van der Waals surface area contributed by atoms with E-state index in [-0.39, 0.29) is 17.3 Å². The van der Waals surface area contributed by atoms with Crippen molar-refractivity contribution < 1.29 is 13.2 Å². The molecular formula is C23H24N2O3S. The van der Waals surface area contributed by atoms with Crippen LogP contribution in [0.2, 0.25) is 0 Å². The Morgan fingerprint density at radius 2 is 1.48 bits per heavy atom. The number of nitrogens with one attached hydrogen (secondary N) is 2. The highest BCUT2D eigenvalue weighted by molar-refractivity contribution is 7.89. The Morgan fingerprint density at radius 3 is 2.14 bits per heavy atom. The third-order valence-electron chi connectivity index (χ3n) is 4.62. The van der Waals surface area contributed by atoms with Crippen molar-refractivity contribution in [3.05, 3.63) is 101 Å². The maximum Gasteiger partial charge on any atom is 0.251 e. The molecule has 0 atom stereocenters. The molecule has 3 rings (SSSR count). The zero-order valence-corrected chi connectivity index (χ0v) is 17.1. The zero-order chi connectivity index (χ0) is 20.7. The number of rotatable bonds is 8. The third-order valence-corrected chi connectivity index (χ3v) is 6.01. The van der Waals surface area contributed by atoms with E-state index >= 15 is 0 Å². The quantitative estimate of drug-likeness (QED) is 0.599. The molecule has 0 fully saturated rings. The fourth-order valence-electron chi connectivity index (χ4n) is 2.93. The topological polar surface area (TPSA) is 75.3 Å². The number of carbonyl (C=O) groups is 1. The summed E-state index contributed by atoms with van der Waals surface area (Å²) in [5.41, 5.74) is 3.08. The highest BCUT2D eigenvalue weighted by Gasteiger charge is 2.18. The second-order valence-corrected chi connectivity index (χ2v) is 8.55. The molecule has 0 bridgehead atoms. The molecular weight excluding hydrogens is 384 g/mol. The van der Waals surface area contributed by atoms with Gasteiger partial charge >= 0.3 is 0 Å². The van der Waals surface area contributed by atoms with Gasteiger partial charge in [-0.2, -0.15) is 0 Å². The Morgan fingerprint density at radius 1 is 0.862 bits per heavy atom.